The first-order chi connectivity index (χ1) is 16.0. The van der Waals surface area contributed by atoms with Crippen LogP contribution in [0.2, 0.25) is 0 Å². The number of nitrogens with zero attached hydrogens (tertiary/aromatic N) is 4. The van der Waals surface area contributed by atoms with Gasteiger partial charge in [-0.2, -0.15) is 0 Å². The van der Waals surface area contributed by atoms with Gasteiger partial charge < -0.3 is 10.2 Å². The molecule has 1 aliphatic heterocycles. The molecular weight excluding hydrogens is 421 g/mol. The summed E-state index contributed by atoms with van der Waals surface area (Å²) in [6, 6.07) is 11.5. The van der Waals surface area contributed by atoms with Gasteiger partial charge in [0, 0.05) is 43.6 Å². The van der Waals surface area contributed by atoms with Gasteiger partial charge in [-0.3, -0.25) is 14.6 Å². The van der Waals surface area contributed by atoms with E-state index in [2.05, 4.69) is 20.3 Å². The summed E-state index contributed by atoms with van der Waals surface area (Å²) in [5.41, 5.74) is 2.55. The topological polar surface area (TPSA) is 88.1 Å². The van der Waals surface area contributed by atoms with Crippen LogP contribution < -0.4 is 5.32 Å². The van der Waals surface area contributed by atoms with Crippen LogP contribution >= 0.6 is 0 Å². The second-order valence-electron chi connectivity index (χ2n) is 8.21. The van der Waals surface area contributed by atoms with Gasteiger partial charge in [-0.1, -0.05) is 18.2 Å². The van der Waals surface area contributed by atoms with Crippen molar-refractivity contribution in [3.05, 3.63) is 89.0 Å². The van der Waals surface area contributed by atoms with Gasteiger partial charge in [-0.05, 0) is 49.6 Å². The normalized spacial score (nSPS) is 15.8. The zero-order valence-corrected chi connectivity index (χ0v) is 18.5. The first-order valence-electron chi connectivity index (χ1n) is 11.0. The predicted octanol–water partition coefficient (Wildman–Crippen LogP) is 3.20. The monoisotopic (exact) mass is 447 g/mol. The number of hydrogen-bond donors (Lipinski definition) is 1. The van der Waals surface area contributed by atoms with Crippen molar-refractivity contribution in [3.8, 4) is 0 Å². The van der Waals surface area contributed by atoms with Gasteiger partial charge >= 0.3 is 0 Å². The van der Waals surface area contributed by atoms with Gasteiger partial charge in [-0.25, -0.2) is 14.4 Å². The molecule has 0 spiro atoms. The summed E-state index contributed by atoms with van der Waals surface area (Å²) in [4.78, 5) is 40.5. The van der Waals surface area contributed by atoms with Crippen LogP contribution in [0.4, 0.5) is 4.39 Å². The Morgan fingerprint density at radius 1 is 1.15 bits per heavy atom. The van der Waals surface area contributed by atoms with Crippen molar-refractivity contribution < 1.29 is 14.0 Å². The number of likely N-dealkylation sites (tertiary alicyclic amines) is 1. The van der Waals surface area contributed by atoms with Crippen molar-refractivity contribution in [3.63, 3.8) is 0 Å². The van der Waals surface area contributed by atoms with Crippen LogP contribution in [0.5, 0.6) is 0 Å². The molecule has 4 rings (SSSR count). The highest BCUT2D eigenvalue weighted by Crippen LogP contribution is 2.25. The number of piperidine rings is 1. The number of benzene rings is 1. The Kier molecular flexibility index (Phi) is 7.02. The van der Waals surface area contributed by atoms with Crippen molar-refractivity contribution in [1.82, 2.24) is 25.2 Å². The second-order valence-corrected chi connectivity index (χ2v) is 8.21. The average Bonchev–Trinajstić information content (AvgIpc) is 2.84. The zero-order valence-electron chi connectivity index (χ0n) is 18.5. The molecule has 0 bridgehead atoms. The number of aromatic nitrogens is 3. The molecule has 0 radical (unpaired) electrons. The van der Waals surface area contributed by atoms with Crippen molar-refractivity contribution in [2.45, 2.75) is 38.6 Å². The lowest BCUT2D eigenvalue weighted by molar-refractivity contribution is -0.131. The van der Waals surface area contributed by atoms with E-state index in [0.29, 0.717) is 30.2 Å². The summed E-state index contributed by atoms with van der Waals surface area (Å²) in [5, 5.41) is 2.82. The van der Waals surface area contributed by atoms with Crippen molar-refractivity contribution in [2.75, 3.05) is 13.1 Å². The Hall–Kier alpha value is -3.68. The first kappa shape index (κ1) is 22.5. The number of carbonyl (C=O) groups is 2. The summed E-state index contributed by atoms with van der Waals surface area (Å²) < 4.78 is 13.0. The van der Waals surface area contributed by atoms with Gasteiger partial charge in [0.1, 0.15) is 11.6 Å². The lowest BCUT2D eigenvalue weighted by Crippen LogP contribution is -2.40. The molecule has 33 heavy (non-hydrogen) atoms. The minimum Gasteiger partial charge on any atom is -0.348 e. The molecule has 8 heteroatoms. The Morgan fingerprint density at radius 2 is 1.97 bits per heavy atom. The zero-order chi connectivity index (χ0) is 23.2. The average molecular weight is 448 g/mol. The van der Waals surface area contributed by atoms with E-state index in [4.69, 9.17) is 0 Å². The molecule has 1 N–H and O–H groups in total. The fourth-order valence-electron chi connectivity index (χ4n) is 3.97. The molecule has 1 aliphatic rings. The maximum atomic E-state index is 13.0. The maximum absolute atomic E-state index is 13.0. The Labute approximate surface area is 192 Å². The number of rotatable bonds is 6. The quantitative estimate of drug-likeness (QED) is 0.627. The van der Waals surface area contributed by atoms with Crippen molar-refractivity contribution in [1.29, 1.82) is 0 Å². The van der Waals surface area contributed by atoms with Crippen LogP contribution in [0.25, 0.3) is 0 Å². The smallest absolute Gasteiger partial charge is 0.254 e. The van der Waals surface area contributed by atoms with E-state index in [-0.39, 0.29) is 36.5 Å². The molecule has 2 aromatic heterocycles. The van der Waals surface area contributed by atoms with Crippen LogP contribution in [-0.2, 0) is 17.8 Å². The number of nitrogens with one attached hydrogen (secondary N) is 1. The van der Waals surface area contributed by atoms with Crippen molar-refractivity contribution >= 4 is 11.8 Å². The Balaban J connectivity index is 1.37. The lowest BCUT2D eigenvalue weighted by Gasteiger charge is -2.32. The number of halogens is 1. The molecule has 7 nitrogen and oxygen atoms in total. The van der Waals surface area contributed by atoms with E-state index in [1.165, 1.54) is 12.1 Å². The van der Waals surface area contributed by atoms with Crippen LogP contribution in [0.1, 0.15) is 51.9 Å². The van der Waals surface area contributed by atoms with Crippen LogP contribution in [0, 0.1) is 12.7 Å². The molecule has 1 fully saturated rings. The van der Waals surface area contributed by atoms with E-state index in [0.717, 1.165) is 24.1 Å². The third-order valence-electron chi connectivity index (χ3n) is 5.81. The predicted molar refractivity (Wildman–Crippen MR) is 121 cm³/mol. The Morgan fingerprint density at radius 3 is 2.70 bits per heavy atom. The molecule has 3 aromatic rings. The SMILES string of the molecule is Cc1nc(C2CCCN(C(=O)Cc3ccccn3)C2)ncc1C(=O)NCc1ccc(F)cc1. The number of aryl methyl sites for hydroxylation is 1. The maximum Gasteiger partial charge on any atom is 0.254 e. The minimum atomic E-state index is -0.315. The fourth-order valence-corrected chi connectivity index (χ4v) is 3.97. The van der Waals surface area contributed by atoms with Gasteiger partial charge in [0.15, 0.2) is 0 Å². The molecule has 1 unspecified atom stereocenters. The van der Waals surface area contributed by atoms with Crippen LogP contribution in [0.15, 0.2) is 54.9 Å². The summed E-state index contributed by atoms with van der Waals surface area (Å²) >= 11 is 0. The van der Waals surface area contributed by atoms with E-state index in [1.807, 2.05) is 23.1 Å². The summed E-state index contributed by atoms with van der Waals surface area (Å²) in [7, 11) is 0. The number of amides is 2. The van der Waals surface area contributed by atoms with E-state index < -0.39 is 0 Å². The standard InChI is InChI=1S/C25H26FN5O2/c1-17-22(25(33)29-14-18-7-9-20(26)10-8-18)15-28-24(30-17)19-5-4-12-31(16-19)23(32)13-21-6-2-3-11-27-21/h2-3,6-11,15,19H,4-5,12-14,16H2,1H3,(H,29,33). The Bertz CT molecular complexity index is 1120. The fraction of sp³-hybridized carbons (Fsp3) is 0.320. The highest BCUT2D eigenvalue weighted by atomic mass is 19.1. The molecule has 1 saturated heterocycles. The summed E-state index contributed by atoms with van der Waals surface area (Å²) in [5.74, 6) is 0.134. The van der Waals surface area contributed by atoms with Gasteiger partial charge in [0.25, 0.3) is 5.91 Å². The summed E-state index contributed by atoms with van der Waals surface area (Å²) in [6.07, 6.45) is 5.28. The number of hydrogen-bond acceptors (Lipinski definition) is 5. The van der Waals surface area contributed by atoms with Crippen LogP contribution in [0.3, 0.4) is 0 Å². The third kappa shape index (κ3) is 5.77. The van der Waals surface area contributed by atoms with Gasteiger partial charge in [0.2, 0.25) is 5.91 Å². The summed E-state index contributed by atoms with van der Waals surface area (Å²) in [6.45, 7) is 3.34. The van der Waals surface area contributed by atoms with Gasteiger partial charge in [0.05, 0.1) is 17.7 Å². The molecule has 2 amide bonds. The van der Waals surface area contributed by atoms with Crippen LogP contribution in [-0.4, -0.2) is 44.8 Å². The minimum absolute atomic E-state index is 0.0291. The molecule has 3 heterocycles. The highest BCUT2D eigenvalue weighted by Gasteiger charge is 2.27. The van der Waals surface area contributed by atoms with E-state index >= 15 is 0 Å². The van der Waals surface area contributed by atoms with Crippen molar-refractivity contribution in [2.24, 2.45) is 0 Å². The number of pyridine rings is 1. The number of carbonyl (C=O) groups excluding carboxylic acids is 2. The molecule has 170 valence electrons. The second kappa shape index (κ2) is 10.3. The van der Waals surface area contributed by atoms with Gasteiger partial charge in [-0.15, -0.1) is 0 Å². The highest BCUT2D eigenvalue weighted by molar-refractivity contribution is 5.94. The molecule has 1 atom stereocenters. The van der Waals surface area contributed by atoms with E-state index in [1.54, 1.807) is 31.5 Å². The molecule has 0 saturated carbocycles. The molecule has 1 aromatic carbocycles. The molecular formula is C25H26FN5O2. The van der Waals surface area contributed by atoms with E-state index in [9.17, 15) is 14.0 Å². The first-order valence-corrected chi connectivity index (χ1v) is 11.0. The largest absolute Gasteiger partial charge is 0.348 e. The lowest BCUT2D eigenvalue weighted by atomic mass is 9.96. The third-order valence-corrected chi connectivity index (χ3v) is 5.81. The molecule has 0 aliphatic carbocycles.